The molecular weight excluding hydrogens is 230 g/mol. The summed E-state index contributed by atoms with van der Waals surface area (Å²) in [4.78, 5) is 13.3. The fourth-order valence-electron chi connectivity index (χ4n) is 2.73. The van der Waals surface area contributed by atoms with E-state index in [4.69, 9.17) is 5.11 Å². The monoisotopic (exact) mass is 257 g/mol. The van der Waals surface area contributed by atoms with Gasteiger partial charge in [0.2, 0.25) is 0 Å². The van der Waals surface area contributed by atoms with Crippen LogP contribution in [0.15, 0.2) is 0 Å². The molecule has 106 valence electrons. The lowest BCUT2D eigenvalue weighted by molar-refractivity contribution is 0.152. The average Bonchev–Trinajstić information content (AvgIpc) is 2.29. The average molecular weight is 257 g/mol. The summed E-state index contributed by atoms with van der Waals surface area (Å²) in [6.45, 7) is 11.5. The van der Waals surface area contributed by atoms with Crippen LogP contribution in [0.4, 0.5) is 4.79 Å². The highest BCUT2D eigenvalue weighted by Crippen LogP contribution is 2.24. The number of nitrogens with zero attached hydrogens (tertiary/aromatic N) is 1. The summed E-state index contributed by atoms with van der Waals surface area (Å²) in [6.07, 6.45) is 1.11. The van der Waals surface area contributed by atoms with Crippen molar-refractivity contribution >= 4 is 6.09 Å². The summed E-state index contributed by atoms with van der Waals surface area (Å²) in [7, 11) is 0. The molecule has 1 rings (SSSR count). The maximum Gasteiger partial charge on any atom is 0.405 e. The van der Waals surface area contributed by atoms with Crippen molar-refractivity contribution in [1.82, 2.24) is 15.5 Å². The molecule has 1 saturated heterocycles. The summed E-state index contributed by atoms with van der Waals surface area (Å²) < 4.78 is 0. The van der Waals surface area contributed by atoms with Crippen molar-refractivity contribution in [2.45, 2.75) is 39.2 Å². The first kappa shape index (κ1) is 15.2. The van der Waals surface area contributed by atoms with Gasteiger partial charge in [-0.25, -0.2) is 4.79 Å². The maximum atomic E-state index is 10.8. The molecule has 18 heavy (non-hydrogen) atoms. The zero-order valence-corrected chi connectivity index (χ0v) is 11.8. The summed E-state index contributed by atoms with van der Waals surface area (Å²) >= 11 is 0. The maximum absolute atomic E-state index is 10.8. The lowest BCUT2D eigenvalue weighted by Crippen LogP contribution is -2.50. The van der Waals surface area contributed by atoms with Gasteiger partial charge in [0.1, 0.15) is 0 Å². The molecule has 0 aromatic rings. The number of nitrogens with one attached hydrogen (secondary N) is 2. The van der Waals surface area contributed by atoms with Crippen LogP contribution in [0.5, 0.6) is 0 Å². The number of rotatable bonds is 6. The Balaban J connectivity index is 2.42. The molecule has 0 aromatic carbocycles. The van der Waals surface area contributed by atoms with Crippen LogP contribution in [-0.2, 0) is 0 Å². The van der Waals surface area contributed by atoms with Crippen molar-refractivity contribution in [3.05, 3.63) is 0 Å². The SMILES string of the molecule is CCC(CCN1CCNCC1)C(C)(C)NC(=O)O. The van der Waals surface area contributed by atoms with Gasteiger partial charge in [-0.15, -0.1) is 0 Å². The second-order valence-corrected chi connectivity index (χ2v) is 5.64. The van der Waals surface area contributed by atoms with Crippen molar-refractivity contribution in [2.24, 2.45) is 5.92 Å². The van der Waals surface area contributed by atoms with Crippen molar-refractivity contribution in [1.29, 1.82) is 0 Å². The Labute approximate surface area is 110 Å². The zero-order valence-electron chi connectivity index (χ0n) is 11.8. The normalized spacial score (nSPS) is 19.5. The van der Waals surface area contributed by atoms with Crippen molar-refractivity contribution in [3.63, 3.8) is 0 Å². The van der Waals surface area contributed by atoms with Gasteiger partial charge in [0.15, 0.2) is 0 Å². The first-order chi connectivity index (χ1) is 8.45. The van der Waals surface area contributed by atoms with Gasteiger partial charge < -0.3 is 20.6 Å². The van der Waals surface area contributed by atoms with E-state index in [2.05, 4.69) is 22.5 Å². The van der Waals surface area contributed by atoms with Crippen molar-refractivity contribution < 1.29 is 9.90 Å². The van der Waals surface area contributed by atoms with E-state index in [0.717, 1.165) is 45.6 Å². The fraction of sp³-hybridized carbons (Fsp3) is 0.923. The van der Waals surface area contributed by atoms with E-state index in [-0.39, 0.29) is 5.54 Å². The Morgan fingerprint density at radius 3 is 2.56 bits per heavy atom. The number of carboxylic acid groups (broad SMARTS) is 1. The first-order valence-corrected chi connectivity index (χ1v) is 6.90. The number of hydrogen-bond donors (Lipinski definition) is 3. The van der Waals surface area contributed by atoms with Gasteiger partial charge in [0.25, 0.3) is 0 Å². The molecule has 0 aliphatic carbocycles. The molecule has 1 aliphatic rings. The molecule has 0 aromatic heterocycles. The lowest BCUT2D eigenvalue weighted by atomic mass is 9.83. The standard InChI is InChI=1S/C13H27N3O2/c1-4-11(13(2,3)15-12(17)18)5-8-16-9-6-14-7-10-16/h11,14-15H,4-10H2,1-3H3,(H,17,18). The van der Waals surface area contributed by atoms with Gasteiger partial charge in [-0.2, -0.15) is 0 Å². The molecule has 3 N–H and O–H groups in total. The Bertz CT molecular complexity index is 263. The van der Waals surface area contributed by atoms with Crippen molar-refractivity contribution in [3.8, 4) is 0 Å². The minimum atomic E-state index is -0.930. The van der Waals surface area contributed by atoms with Gasteiger partial charge in [0.05, 0.1) is 0 Å². The zero-order chi connectivity index (χ0) is 13.6. The van der Waals surface area contributed by atoms with E-state index >= 15 is 0 Å². The second kappa shape index (κ2) is 6.95. The van der Waals surface area contributed by atoms with Crippen molar-refractivity contribution in [2.75, 3.05) is 32.7 Å². The van der Waals surface area contributed by atoms with Crippen LogP contribution in [0.25, 0.3) is 0 Å². The quantitative estimate of drug-likeness (QED) is 0.672. The molecule has 1 atom stereocenters. The fourth-order valence-corrected chi connectivity index (χ4v) is 2.73. The van der Waals surface area contributed by atoms with E-state index in [1.54, 1.807) is 0 Å². The molecule has 1 aliphatic heterocycles. The Hall–Kier alpha value is -0.810. The van der Waals surface area contributed by atoms with Gasteiger partial charge in [-0.3, -0.25) is 0 Å². The van der Waals surface area contributed by atoms with Crippen LogP contribution in [0.1, 0.15) is 33.6 Å². The van der Waals surface area contributed by atoms with Crippen LogP contribution < -0.4 is 10.6 Å². The molecule has 1 amide bonds. The van der Waals surface area contributed by atoms with Gasteiger partial charge >= 0.3 is 6.09 Å². The minimum absolute atomic E-state index is 0.353. The molecule has 5 heteroatoms. The number of piperazine rings is 1. The third-order valence-electron chi connectivity index (χ3n) is 3.95. The van der Waals surface area contributed by atoms with Gasteiger partial charge in [0, 0.05) is 31.7 Å². The second-order valence-electron chi connectivity index (χ2n) is 5.64. The molecule has 1 fully saturated rings. The topological polar surface area (TPSA) is 64.6 Å². The van der Waals surface area contributed by atoms with E-state index in [9.17, 15) is 4.79 Å². The minimum Gasteiger partial charge on any atom is -0.465 e. The molecule has 1 unspecified atom stereocenters. The Morgan fingerprint density at radius 1 is 1.44 bits per heavy atom. The molecule has 0 spiro atoms. The van der Waals surface area contributed by atoms with E-state index in [1.807, 2.05) is 13.8 Å². The first-order valence-electron chi connectivity index (χ1n) is 6.90. The lowest BCUT2D eigenvalue weighted by Gasteiger charge is -2.36. The molecule has 0 saturated carbocycles. The summed E-state index contributed by atoms with van der Waals surface area (Å²) in [5, 5.41) is 14.9. The highest BCUT2D eigenvalue weighted by molar-refractivity contribution is 5.65. The largest absolute Gasteiger partial charge is 0.465 e. The molecule has 5 nitrogen and oxygen atoms in total. The van der Waals surface area contributed by atoms with E-state index < -0.39 is 6.09 Å². The number of hydrogen-bond acceptors (Lipinski definition) is 3. The molecular formula is C13H27N3O2. The third-order valence-corrected chi connectivity index (χ3v) is 3.95. The smallest absolute Gasteiger partial charge is 0.405 e. The van der Waals surface area contributed by atoms with Crippen LogP contribution in [0.2, 0.25) is 0 Å². The molecule has 0 bridgehead atoms. The Morgan fingerprint density at radius 2 is 2.06 bits per heavy atom. The predicted molar refractivity (Wildman–Crippen MR) is 72.9 cm³/mol. The third kappa shape index (κ3) is 4.82. The number of amides is 1. The highest BCUT2D eigenvalue weighted by atomic mass is 16.4. The summed E-state index contributed by atoms with van der Waals surface area (Å²) in [5.41, 5.74) is -0.353. The van der Waals surface area contributed by atoms with Crippen LogP contribution in [-0.4, -0.2) is 54.4 Å². The van der Waals surface area contributed by atoms with Crippen LogP contribution in [0.3, 0.4) is 0 Å². The van der Waals surface area contributed by atoms with Gasteiger partial charge in [-0.05, 0) is 32.7 Å². The summed E-state index contributed by atoms with van der Waals surface area (Å²) in [6, 6.07) is 0. The number of carbonyl (C=O) groups is 1. The Kier molecular flexibility index (Phi) is 5.88. The summed E-state index contributed by atoms with van der Waals surface area (Å²) in [5.74, 6) is 0.378. The predicted octanol–water partition coefficient (Wildman–Crippen LogP) is 1.35. The highest BCUT2D eigenvalue weighted by Gasteiger charge is 2.29. The van der Waals surface area contributed by atoms with E-state index in [0.29, 0.717) is 5.92 Å². The van der Waals surface area contributed by atoms with Gasteiger partial charge in [-0.1, -0.05) is 13.3 Å². The van der Waals surface area contributed by atoms with Crippen LogP contribution in [0, 0.1) is 5.92 Å². The molecule has 1 heterocycles. The molecule has 0 radical (unpaired) electrons. The van der Waals surface area contributed by atoms with E-state index in [1.165, 1.54) is 0 Å². The van der Waals surface area contributed by atoms with Crippen LogP contribution >= 0.6 is 0 Å².